The Labute approximate surface area is 645 Å². The number of methoxy groups -OCH3 is 6. The van der Waals surface area contributed by atoms with E-state index in [0.29, 0.717) is 73.0 Å². The molecule has 25 nitrogen and oxygen atoms in total. The Balaban J connectivity index is 0.691. The van der Waals surface area contributed by atoms with Crippen molar-refractivity contribution in [3.8, 4) is 23.0 Å². The molecule has 0 bridgehead atoms. The molecule has 7 aromatic carbocycles. The summed E-state index contributed by atoms with van der Waals surface area (Å²) in [5.41, 5.74) is 4.60. The third-order valence-electron chi connectivity index (χ3n) is 20.4. The maximum atomic E-state index is 15.0. The number of amides is 4. The number of ether oxygens (including phenoxy) is 11. The Bertz CT molecular complexity index is 4300. The maximum Gasteiger partial charge on any atom is 0.329 e. The lowest BCUT2D eigenvalue weighted by atomic mass is 9.74. The number of fused-ring (bicyclic) bond motifs is 2. The van der Waals surface area contributed by atoms with Crippen molar-refractivity contribution in [2.75, 3.05) is 93.3 Å². The van der Waals surface area contributed by atoms with Gasteiger partial charge in [0.2, 0.25) is 11.8 Å². The molecule has 2 aromatic heterocycles. The Morgan fingerprint density at radius 3 is 1.72 bits per heavy atom. The van der Waals surface area contributed by atoms with Gasteiger partial charge in [-0.05, 0) is 113 Å². The number of aliphatic hydroxyl groups is 1. The van der Waals surface area contributed by atoms with Crippen molar-refractivity contribution < 1.29 is 76.4 Å². The molecule has 0 saturated carbocycles. The number of imidazole rings is 1. The molecule has 5 heterocycles. The molecule has 8 atom stereocenters. The number of hydrogen-bond acceptors (Lipinski definition) is 21. The van der Waals surface area contributed by atoms with Crippen molar-refractivity contribution in [1.82, 2.24) is 40.4 Å². The summed E-state index contributed by atoms with van der Waals surface area (Å²) in [6.45, 7) is -1.20. The van der Waals surface area contributed by atoms with Gasteiger partial charge in [-0.3, -0.25) is 14.2 Å². The fraction of sp³-hybridized carbons (Fsp3) is 0.393. The number of nitrogens with zero attached hydrogens (tertiary/aromatic N) is 5. The van der Waals surface area contributed by atoms with Crippen LogP contribution in [0.15, 0.2) is 201 Å². The van der Waals surface area contributed by atoms with Crippen LogP contribution in [0.3, 0.4) is 0 Å². The molecule has 580 valence electrons. The highest BCUT2D eigenvalue weighted by molar-refractivity contribution is 8.00. The second-order valence-electron chi connectivity index (χ2n) is 27.0. The van der Waals surface area contributed by atoms with E-state index in [9.17, 15) is 19.5 Å². The van der Waals surface area contributed by atoms with E-state index in [0.717, 1.165) is 57.5 Å². The van der Waals surface area contributed by atoms with Gasteiger partial charge >= 0.3 is 12.0 Å². The third-order valence-corrected chi connectivity index (χ3v) is 21.9. The highest BCUT2D eigenvalue weighted by Gasteiger charge is 2.58. The van der Waals surface area contributed by atoms with Crippen LogP contribution in [0.25, 0.3) is 11.2 Å². The SMILES string of the molecule is COCCOC(OCCOC)O[C@@H]1[C@H](OC(=[18O])[C@H](Cc2ccccc2)NC(=O)CCCCCNC(=O)CCCC[C@@H]2SC[C@H]3[C@@H]2NC(=O)N3C(c2ccccc2)(c2ccc(OC)cc2)c2ccc(OC)cc2)[C@@H](CO)O[C@H]1n1cnc2c(NC(c3ccccc3)(c3ccc(OC)cc3)c3ccc(OC)cc3)ncnc21. The highest BCUT2D eigenvalue weighted by atomic mass is 32.2. The van der Waals surface area contributed by atoms with E-state index in [-0.39, 0.29) is 80.1 Å². The summed E-state index contributed by atoms with van der Waals surface area (Å²) < 4.78 is 66.7. The van der Waals surface area contributed by atoms with Crippen molar-refractivity contribution >= 4 is 52.6 Å². The van der Waals surface area contributed by atoms with Crippen LogP contribution in [-0.4, -0.2) is 189 Å². The number of hydrogen-bond donors (Lipinski definition) is 5. The van der Waals surface area contributed by atoms with Crippen LogP contribution in [0.1, 0.15) is 96.5 Å². The Kier molecular flexibility index (Phi) is 27.8. The molecule has 0 aliphatic carbocycles. The van der Waals surface area contributed by atoms with Gasteiger partial charge in [0.05, 0.1) is 79.9 Å². The van der Waals surface area contributed by atoms with E-state index >= 15 is 4.79 Å². The number of rotatable bonds is 41. The van der Waals surface area contributed by atoms with Crippen LogP contribution < -0.4 is 40.2 Å². The fourth-order valence-corrected chi connectivity index (χ4v) is 16.5. The number of aromatic nitrogens is 4. The number of urea groups is 1. The van der Waals surface area contributed by atoms with Gasteiger partial charge in [0, 0.05) is 51.0 Å². The summed E-state index contributed by atoms with van der Waals surface area (Å²) in [5.74, 6) is 2.57. The minimum absolute atomic E-state index is 0.0347. The number of unbranched alkanes of at least 4 members (excludes halogenated alkanes) is 3. The zero-order chi connectivity index (χ0) is 76.8. The molecule has 5 N–H and O–H groups in total. The number of anilines is 1. The first-order valence-electron chi connectivity index (χ1n) is 37.2. The van der Waals surface area contributed by atoms with Gasteiger partial charge in [-0.15, -0.1) is 0 Å². The summed E-state index contributed by atoms with van der Waals surface area (Å²) in [6, 6.07) is 59.2. The Morgan fingerprint density at radius 1 is 0.627 bits per heavy atom. The number of carbonyl (C=O) groups excluding carboxylic acids is 4. The minimum atomic E-state index is -1.41. The lowest BCUT2D eigenvalue weighted by molar-refractivity contribution is -0.321. The number of nitrogens with one attached hydrogen (secondary N) is 4. The average Bonchev–Trinajstić information content (AvgIpc) is 1.40. The Morgan fingerprint density at radius 2 is 1.15 bits per heavy atom. The predicted octanol–water partition coefficient (Wildman–Crippen LogP) is 10.9. The van der Waals surface area contributed by atoms with Gasteiger partial charge in [-0.2, -0.15) is 11.8 Å². The van der Waals surface area contributed by atoms with E-state index in [1.165, 1.54) is 26.9 Å². The number of benzene rings is 7. The summed E-state index contributed by atoms with van der Waals surface area (Å²) in [4.78, 5) is 73.6. The van der Waals surface area contributed by atoms with Crippen molar-refractivity contribution in [1.29, 1.82) is 0 Å². The molecule has 12 rings (SSSR count). The van der Waals surface area contributed by atoms with Gasteiger partial charge in [0.15, 0.2) is 29.3 Å². The van der Waals surface area contributed by atoms with E-state index in [4.69, 9.17) is 67.1 Å². The lowest BCUT2D eigenvalue weighted by Crippen LogP contribution is -2.53. The maximum absolute atomic E-state index is 15.0. The molecule has 0 radical (unpaired) electrons. The first-order chi connectivity index (χ1) is 53.9. The topological polar surface area (TPSA) is 285 Å². The van der Waals surface area contributed by atoms with Crippen LogP contribution in [-0.2, 0) is 65.0 Å². The van der Waals surface area contributed by atoms with Crippen LogP contribution in [0.4, 0.5) is 10.6 Å². The highest BCUT2D eigenvalue weighted by Crippen LogP contribution is 2.50. The minimum Gasteiger partial charge on any atom is -0.497 e. The molecular weight excluding hydrogens is 1430 g/mol. The third kappa shape index (κ3) is 18.2. The van der Waals surface area contributed by atoms with Gasteiger partial charge in [-0.25, -0.2) is 24.5 Å². The fourth-order valence-electron chi connectivity index (χ4n) is 14.9. The molecule has 110 heavy (non-hydrogen) atoms. The van der Waals surface area contributed by atoms with Gasteiger partial charge in [0.25, 0.3) is 6.48 Å². The molecule has 3 fully saturated rings. The summed E-state index contributed by atoms with van der Waals surface area (Å²) in [7, 11) is 9.57. The number of esters is 1. The van der Waals surface area contributed by atoms with Gasteiger partial charge in [0.1, 0.15) is 58.7 Å². The molecular formula is C84H97N9O16S. The zero-order valence-corrected chi connectivity index (χ0v) is 63.6. The van der Waals surface area contributed by atoms with Crippen LogP contribution in [0.5, 0.6) is 23.0 Å². The number of carbonyl (C=O) groups is 4. The molecule has 3 aliphatic heterocycles. The predicted molar refractivity (Wildman–Crippen MR) is 415 cm³/mol. The molecule has 0 unspecified atom stereocenters. The standard InChI is InChI=1S/C84H97N9O16S/c1-99-47-49-105-82(106-50-48-100-2)109-76-75(69(52-94)107-79(76)92-55-88-74-77(86-54-87-78(74)92)91-83(57-23-13-8-14-24-57,58-30-38-63(101-3)39-31-58)59-32-40-64(102-4)41-33-59)108-80(97)67(51-56-21-11-7-12-22-56)89-72(96)29-17-10-20-46-85-71(95)28-19-18-27-70-73-68(53-110-70)93(81(98)90-73)84(60-25-15-9-16-26-60,61-34-42-65(103-5)43-35-61)62-36-44-66(104-6)45-37-62/h7-9,11-16,21-26,30-45,54-55,67-70,73,75-76,79,82,94H,10,17-20,27-29,46-53H2,1-6H3,(H,85,95)(H,89,96)(H,90,98)(H,86,87,91)/t67-,68-,69+,70-,73-,75+,76+,79+/m0/s1/i97+2. The quantitative estimate of drug-likeness (QED) is 0.00594. The smallest absolute Gasteiger partial charge is 0.329 e. The van der Waals surface area contributed by atoms with Crippen LogP contribution in [0.2, 0.25) is 0 Å². The van der Waals surface area contributed by atoms with Crippen molar-refractivity contribution in [2.45, 2.75) is 123 Å². The summed E-state index contributed by atoms with van der Waals surface area (Å²) >= 11 is 1.86. The number of thioether (sulfide) groups is 1. The largest absolute Gasteiger partial charge is 0.497 e. The molecule has 3 aliphatic rings. The van der Waals surface area contributed by atoms with Crippen molar-refractivity contribution in [2.24, 2.45) is 0 Å². The second-order valence-corrected chi connectivity index (χ2v) is 28.3. The van der Waals surface area contributed by atoms with E-state index in [1.54, 1.807) is 33.0 Å². The lowest BCUT2D eigenvalue weighted by Gasteiger charge is -2.45. The second kappa shape index (κ2) is 38.5. The van der Waals surface area contributed by atoms with E-state index in [2.05, 4.69) is 33.4 Å². The first-order valence-corrected chi connectivity index (χ1v) is 38.2. The van der Waals surface area contributed by atoms with Crippen LogP contribution in [0, 0.1) is 0 Å². The molecule has 9 aromatic rings. The molecule has 26 heteroatoms. The zero-order valence-electron chi connectivity index (χ0n) is 62.8. The average molecular weight is 1520 g/mol. The van der Waals surface area contributed by atoms with E-state index in [1.807, 2.05) is 193 Å². The van der Waals surface area contributed by atoms with Crippen molar-refractivity contribution in [3.63, 3.8) is 0 Å². The first kappa shape index (κ1) is 79.4. The van der Waals surface area contributed by atoms with E-state index < -0.39 is 60.7 Å². The monoisotopic (exact) mass is 1520 g/mol. The van der Waals surface area contributed by atoms with Crippen molar-refractivity contribution in [3.05, 3.63) is 240 Å². The summed E-state index contributed by atoms with van der Waals surface area (Å²) in [5, 5.41) is 24.6. The molecule has 3 saturated heterocycles. The van der Waals surface area contributed by atoms with Crippen LogP contribution >= 0.6 is 11.8 Å². The van der Waals surface area contributed by atoms with Gasteiger partial charge in [-0.1, -0.05) is 152 Å². The molecule has 4 amide bonds. The molecule has 0 spiro atoms. The summed E-state index contributed by atoms with van der Waals surface area (Å²) in [6.07, 6.45) is 2.34. The van der Waals surface area contributed by atoms with Gasteiger partial charge < -0.3 is 83.4 Å². The number of aliphatic hydroxyl groups excluding tert-OH is 1. The normalized spacial score (nSPS) is 18.5. The Hall–Kier alpha value is -10.2.